The molecule has 0 aromatic heterocycles. The summed E-state index contributed by atoms with van der Waals surface area (Å²) in [4.78, 5) is 23.9. The van der Waals surface area contributed by atoms with Crippen molar-refractivity contribution in [2.45, 2.75) is 19.6 Å². The standard InChI is InChI=1S/C20H18FNO5/c1-13(27-19(23)9-5-14-2-6-16(21)7-3-14)20(24)22-11-15-4-8-17-18(10-15)26-12-25-17/h2-10,13H,11-12H2,1H3,(H,22,24). The summed E-state index contributed by atoms with van der Waals surface area (Å²) in [6.45, 7) is 1.94. The number of amides is 1. The molecule has 0 bridgehead atoms. The number of hydrogen-bond donors (Lipinski definition) is 1. The van der Waals surface area contributed by atoms with Crippen molar-refractivity contribution in [3.05, 3.63) is 65.5 Å². The van der Waals surface area contributed by atoms with E-state index in [1.54, 1.807) is 12.1 Å². The summed E-state index contributed by atoms with van der Waals surface area (Å²) in [6, 6.07) is 11.0. The molecular formula is C20H18FNO5. The van der Waals surface area contributed by atoms with Crippen LogP contribution in [-0.4, -0.2) is 24.8 Å². The van der Waals surface area contributed by atoms with Gasteiger partial charge in [0.2, 0.25) is 6.79 Å². The highest BCUT2D eigenvalue weighted by atomic mass is 19.1. The normalized spacial score (nSPS) is 13.4. The molecule has 0 aliphatic carbocycles. The van der Waals surface area contributed by atoms with E-state index in [0.717, 1.165) is 5.56 Å². The van der Waals surface area contributed by atoms with Crippen LogP contribution < -0.4 is 14.8 Å². The number of fused-ring (bicyclic) bond motifs is 1. The maximum absolute atomic E-state index is 12.8. The number of benzene rings is 2. The van der Waals surface area contributed by atoms with Gasteiger partial charge in [0.1, 0.15) is 5.82 Å². The van der Waals surface area contributed by atoms with Crippen LogP contribution in [0.5, 0.6) is 11.5 Å². The van der Waals surface area contributed by atoms with E-state index in [2.05, 4.69) is 5.32 Å². The van der Waals surface area contributed by atoms with Gasteiger partial charge in [0.25, 0.3) is 5.91 Å². The van der Waals surface area contributed by atoms with Gasteiger partial charge in [0.05, 0.1) is 0 Å². The minimum absolute atomic E-state index is 0.184. The molecule has 27 heavy (non-hydrogen) atoms. The van der Waals surface area contributed by atoms with E-state index in [1.807, 2.05) is 6.07 Å². The first-order chi connectivity index (χ1) is 13.0. The second-order valence-corrected chi connectivity index (χ2v) is 5.87. The summed E-state index contributed by atoms with van der Waals surface area (Å²) in [5, 5.41) is 2.70. The highest BCUT2D eigenvalue weighted by Gasteiger charge is 2.17. The van der Waals surface area contributed by atoms with Gasteiger partial charge in [-0.2, -0.15) is 0 Å². The zero-order chi connectivity index (χ0) is 19.2. The summed E-state index contributed by atoms with van der Waals surface area (Å²) >= 11 is 0. The molecular weight excluding hydrogens is 353 g/mol. The van der Waals surface area contributed by atoms with E-state index in [4.69, 9.17) is 14.2 Å². The number of carbonyl (C=O) groups is 2. The first-order valence-electron chi connectivity index (χ1n) is 8.32. The third kappa shape index (κ3) is 5.07. The van der Waals surface area contributed by atoms with Gasteiger partial charge >= 0.3 is 5.97 Å². The first-order valence-corrected chi connectivity index (χ1v) is 8.32. The van der Waals surface area contributed by atoms with Crippen LogP contribution in [0.4, 0.5) is 4.39 Å². The Balaban J connectivity index is 1.47. The number of rotatable bonds is 6. The van der Waals surface area contributed by atoms with E-state index >= 15 is 0 Å². The van der Waals surface area contributed by atoms with Crippen LogP contribution in [0.25, 0.3) is 6.08 Å². The van der Waals surface area contributed by atoms with Gasteiger partial charge < -0.3 is 19.5 Å². The van der Waals surface area contributed by atoms with Crippen LogP contribution in [0.3, 0.4) is 0 Å². The second kappa shape index (κ2) is 8.35. The fourth-order valence-corrected chi connectivity index (χ4v) is 2.39. The number of hydrogen-bond acceptors (Lipinski definition) is 5. The molecule has 0 saturated heterocycles. The molecule has 2 aromatic carbocycles. The molecule has 1 heterocycles. The lowest BCUT2D eigenvalue weighted by atomic mass is 10.2. The molecule has 1 N–H and O–H groups in total. The molecule has 0 fully saturated rings. The zero-order valence-electron chi connectivity index (χ0n) is 14.6. The Bertz CT molecular complexity index is 863. The quantitative estimate of drug-likeness (QED) is 0.624. The predicted molar refractivity (Wildman–Crippen MR) is 95.4 cm³/mol. The maximum Gasteiger partial charge on any atom is 0.331 e. The zero-order valence-corrected chi connectivity index (χ0v) is 14.6. The fraction of sp³-hybridized carbons (Fsp3) is 0.200. The number of halogens is 1. The highest BCUT2D eigenvalue weighted by Crippen LogP contribution is 2.32. The molecule has 1 unspecified atom stereocenters. The largest absolute Gasteiger partial charge is 0.454 e. The lowest BCUT2D eigenvalue weighted by Crippen LogP contribution is -2.35. The van der Waals surface area contributed by atoms with Gasteiger partial charge in [-0.3, -0.25) is 4.79 Å². The molecule has 0 saturated carbocycles. The van der Waals surface area contributed by atoms with Gasteiger partial charge in [-0.15, -0.1) is 0 Å². The Kier molecular flexibility index (Phi) is 5.71. The van der Waals surface area contributed by atoms with E-state index < -0.39 is 18.0 Å². The second-order valence-electron chi connectivity index (χ2n) is 5.87. The van der Waals surface area contributed by atoms with Gasteiger partial charge in [0, 0.05) is 12.6 Å². The van der Waals surface area contributed by atoms with Crippen molar-refractivity contribution in [2.24, 2.45) is 0 Å². The lowest BCUT2D eigenvalue weighted by molar-refractivity contribution is -0.150. The van der Waals surface area contributed by atoms with E-state index in [1.165, 1.54) is 43.3 Å². The van der Waals surface area contributed by atoms with Crippen LogP contribution in [0, 0.1) is 5.82 Å². The van der Waals surface area contributed by atoms with Crippen molar-refractivity contribution in [1.29, 1.82) is 0 Å². The van der Waals surface area contributed by atoms with E-state index in [9.17, 15) is 14.0 Å². The molecule has 3 rings (SSSR count). The predicted octanol–water partition coefficient (Wildman–Crippen LogP) is 2.82. The van der Waals surface area contributed by atoms with Crippen molar-refractivity contribution < 1.29 is 28.2 Å². The minimum Gasteiger partial charge on any atom is -0.454 e. The number of ether oxygens (including phenoxy) is 3. The van der Waals surface area contributed by atoms with Crippen molar-refractivity contribution in [3.63, 3.8) is 0 Å². The van der Waals surface area contributed by atoms with Crippen LogP contribution in [0.15, 0.2) is 48.5 Å². The lowest BCUT2D eigenvalue weighted by Gasteiger charge is -2.12. The average molecular weight is 371 g/mol. The van der Waals surface area contributed by atoms with Gasteiger partial charge in [-0.1, -0.05) is 18.2 Å². The van der Waals surface area contributed by atoms with Gasteiger partial charge in [-0.05, 0) is 48.4 Å². The Morgan fingerprint density at radius 3 is 2.70 bits per heavy atom. The van der Waals surface area contributed by atoms with Gasteiger partial charge in [0.15, 0.2) is 17.6 Å². The van der Waals surface area contributed by atoms with Crippen LogP contribution in [0.2, 0.25) is 0 Å². The van der Waals surface area contributed by atoms with Crippen molar-refractivity contribution in [2.75, 3.05) is 6.79 Å². The average Bonchev–Trinajstić information content (AvgIpc) is 3.13. The third-order valence-electron chi connectivity index (χ3n) is 3.85. The number of carbonyl (C=O) groups excluding carboxylic acids is 2. The van der Waals surface area contributed by atoms with Crippen LogP contribution >= 0.6 is 0 Å². The monoisotopic (exact) mass is 371 g/mol. The summed E-state index contributed by atoms with van der Waals surface area (Å²) in [5.41, 5.74) is 1.48. The number of nitrogens with one attached hydrogen (secondary N) is 1. The highest BCUT2D eigenvalue weighted by molar-refractivity contribution is 5.90. The summed E-state index contributed by atoms with van der Waals surface area (Å²) in [6.07, 6.45) is 1.72. The van der Waals surface area contributed by atoms with Crippen LogP contribution in [-0.2, 0) is 20.9 Å². The Morgan fingerprint density at radius 1 is 1.19 bits per heavy atom. The molecule has 1 aliphatic heterocycles. The first kappa shape index (κ1) is 18.4. The van der Waals surface area contributed by atoms with E-state index in [0.29, 0.717) is 17.1 Å². The molecule has 1 atom stereocenters. The molecule has 7 heteroatoms. The van der Waals surface area contributed by atoms with Crippen LogP contribution in [0.1, 0.15) is 18.1 Å². The summed E-state index contributed by atoms with van der Waals surface area (Å²) in [7, 11) is 0. The molecule has 0 radical (unpaired) electrons. The smallest absolute Gasteiger partial charge is 0.331 e. The molecule has 6 nitrogen and oxygen atoms in total. The number of esters is 1. The van der Waals surface area contributed by atoms with Gasteiger partial charge in [-0.25, -0.2) is 9.18 Å². The maximum atomic E-state index is 12.8. The Morgan fingerprint density at radius 2 is 1.93 bits per heavy atom. The topological polar surface area (TPSA) is 73.9 Å². The fourth-order valence-electron chi connectivity index (χ4n) is 2.39. The Labute approximate surface area is 155 Å². The van der Waals surface area contributed by atoms with E-state index in [-0.39, 0.29) is 19.2 Å². The van der Waals surface area contributed by atoms with Crippen molar-refractivity contribution >= 4 is 18.0 Å². The Hall–Kier alpha value is -3.35. The molecule has 2 aromatic rings. The molecule has 1 aliphatic rings. The summed E-state index contributed by atoms with van der Waals surface area (Å²) in [5.74, 6) is -0.142. The molecule has 140 valence electrons. The minimum atomic E-state index is -0.954. The molecule has 1 amide bonds. The SMILES string of the molecule is CC(OC(=O)C=Cc1ccc(F)cc1)C(=O)NCc1ccc2c(c1)OCO2. The van der Waals surface area contributed by atoms with Crippen molar-refractivity contribution in [3.8, 4) is 11.5 Å². The summed E-state index contributed by atoms with van der Waals surface area (Å²) < 4.78 is 28.4. The third-order valence-corrected chi connectivity index (χ3v) is 3.85. The van der Waals surface area contributed by atoms with Crippen molar-refractivity contribution in [1.82, 2.24) is 5.32 Å². The molecule has 0 spiro atoms.